The smallest absolute Gasteiger partial charge is 0.357 e. The molecule has 4 atom stereocenters. The minimum atomic E-state index is -1.87. The third kappa shape index (κ3) is 6.71. The molecule has 3 unspecified atom stereocenters. The van der Waals surface area contributed by atoms with Gasteiger partial charge in [-0.05, 0) is 45.7 Å². The second-order valence-corrected chi connectivity index (χ2v) is 10.1. The van der Waals surface area contributed by atoms with E-state index in [0.717, 1.165) is 23.1 Å². The second-order valence-electron chi connectivity index (χ2n) is 8.97. The predicted molar refractivity (Wildman–Crippen MR) is 123 cm³/mol. The van der Waals surface area contributed by atoms with E-state index < -0.39 is 47.1 Å². The number of aliphatic hydroxyl groups excluding tert-OH is 1. The molecule has 3 rings (SSSR count). The maximum Gasteiger partial charge on any atom is 0.357 e. The molecule has 0 spiro atoms. The Kier molecular flexibility index (Phi) is 8.56. The number of amides is 2. The lowest BCUT2D eigenvalue weighted by Gasteiger charge is -2.48. The third-order valence-corrected chi connectivity index (χ3v) is 6.37. The molecular formula is C23H30N2O8S. The van der Waals surface area contributed by atoms with Crippen molar-refractivity contribution in [2.24, 2.45) is 0 Å². The number of likely N-dealkylation sites (tertiary alicyclic amines) is 1. The van der Waals surface area contributed by atoms with Crippen molar-refractivity contribution in [3.63, 3.8) is 0 Å². The summed E-state index contributed by atoms with van der Waals surface area (Å²) < 4.78 is 16.0. The fourth-order valence-corrected chi connectivity index (χ4v) is 4.77. The molecule has 0 aromatic heterocycles. The van der Waals surface area contributed by atoms with Crippen molar-refractivity contribution in [2.75, 3.05) is 19.0 Å². The average molecular weight is 495 g/mol. The number of β-lactam (4-membered cyclic amide) rings is 1. The zero-order valence-electron chi connectivity index (χ0n) is 19.4. The molecule has 2 saturated heterocycles. The monoisotopic (exact) mass is 494 g/mol. The number of carbonyl (C=O) groups excluding carboxylic acids is 4. The highest BCUT2D eigenvalue weighted by Gasteiger charge is 2.54. The van der Waals surface area contributed by atoms with Crippen molar-refractivity contribution in [2.45, 2.75) is 63.0 Å². The van der Waals surface area contributed by atoms with Gasteiger partial charge in [0.25, 0.3) is 11.8 Å². The van der Waals surface area contributed by atoms with Gasteiger partial charge in [0.1, 0.15) is 28.9 Å². The molecule has 11 heteroatoms. The Morgan fingerprint density at radius 3 is 2.59 bits per heavy atom. The molecule has 2 fully saturated rings. The van der Waals surface area contributed by atoms with Crippen LogP contribution in [0.4, 0.5) is 0 Å². The Balaban J connectivity index is 1.64. The second kappa shape index (κ2) is 11.2. The number of ketones is 1. The van der Waals surface area contributed by atoms with E-state index in [0.29, 0.717) is 18.8 Å². The van der Waals surface area contributed by atoms with Crippen LogP contribution in [0.25, 0.3) is 0 Å². The van der Waals surface area contributed by atoms with Crippen LogP contribution in [-0.2, 0) is 28.7 Å². The first-order valence-electron chi connectivity index (χ1n) is 11.0. The summed E-state index contributed by atoms with van der Waals surface area (Å²) >= 11 is 1.05. The van der Waals surface area contributed by atoms with Gasteiger partial charge in [0.15, 0.2) is 12.4 Å². The first kappa shape index (κ1) is 26.0. The zero-order valence-corrected chi connectivity index (χ0v) is 20.2. The van der Waals surface area contributed by atoms with Gasteiger partial charge < -0.3 is 24.6 Å². The molecule has 2 aliphatic heterocycles. The van der Waals surface area contributed by atoms with Crippen LogP contribution in [0, 0.1) is 0 Å². The van der Waals surface area contributed by atoms with Gasteiger partial charge in [0.2, 0.25) is 6.23 Å². The van der Waals surface area contributed by atoms with Crippen molar-refractivity contribution in [3.05, 3.63) is 30.3 Å². The Bertz CT molecular complexity index is 898. The predicted octanol–water partition coefficient (Wildman–Crippen LogP) is 0.860. The fourth-order valence-electron chi connectivity index (χ4n) is 3.50. The molecule has 186 valence electrons. The van der Waals surface area contributed by atoms with E-state index in [9.17, 15) is 24.3 Å². The SMILES string of the molecule is CC(C)(C)OC(=O)C(O)N1C(=O)[C@@H](NC(=O)COc2ccccc2)C1SCC(=O)C1CCCO1. The first-order chi connectivity index (χ1) is 16.1. The number of hydrogen-bond acceptors (Lipinski definition) is 9. The van der Waals surface area contributed by atoms with Crippen molar-refractivity contribution in [1.29, 1.82) is 0 Å². The van der Waals surface area contributed by atoms with E-state index in [1.165, 1.54) is 0 Å². The van der Waals surface area contributed by atoms with Crippen molar-refractivity contribution in [1.82, 2.24) is 10.2 Å². The number of benzene rings is 1. The van der Waals surface area contributed by atoms with Crippen LogP contribution < -0.4 is 10.1 Å². The zero-order chi connectivity index (χ0) is 24.9. The number of para-hydroxylation sites is 1. The quantitative estimate of drug-likeness (QED) is 0.359. The number of nitrogens with one attached hydrogen (secondary N) is 1. The van der Waals surface area contributed by atoms with Crippen LogP contribution >= 0.6 is 11.8 Å². The summed E-state index contributed by atoms with van der Waals surface area (Å²) in [6.07, 6.45) is -0.938. The molecule has 34 heavy (non-hydrogen) atoms. The van der Waals surface area contributed by atoms with E-state index >= 15 is 0 Å². The van der Waals surface area contributed by atoms with E-state index in [-0.39, 0.29) is 18.1 Å². The highest BCUT2D eigenvalue weighted by atomic mass is 32.2. The highest BCUT2D eigenvalue weighted by Crippen LogP contribution is 2.33. The standard InChI is InChI=1S/C23H30N2O8S/c1-23(2,3)33-22(30)20(29)25-19(28)18(21(25)34-13-15(26)16-10-7-11-31-16)24-17(27)12-32-14-8-5-4-6-9-14/h4-6,8-9,16,18,20-21,29H,7,10-13H2,1-3H3,(H,24,27)/t16?,18-,20?,21?/m1/s1. The number of hydrogen-bond donors (Lipinski definition) is 2. The van der Waals surface area contributed by atoms with Gasteiger partial charge in [0.05, 0.1) is 5.75 Å². The lowest BCUT2D eigenvalue weighted by Crippen LogP contribution is -2.73. The summed E-state index contributed by atoms with van der Waals surface area (Å²) in [6.45, 7) is 5.11. The third-order valence-electron chi connectivity index (χ3n) is 5.08. The highest BCUT2D eigenvalue weighted by molar-refractivity contribution is 8.00. The Hall–Kier alpha value is -2.63. The minimum absolute atomic E-state index is 0.00691. The normalized spacial score (nSPS) is 23.1. The minimum Gasteiger partial charge on any atom is -0.484 e. The van der Waals surface area contributed by atoms with Gasteiger partial charge in [0, 0.05) is 6.61 Å². The molecule has 0 bridgehead atoms. The Morgan fingerprint density at radius 2 is 1.97 bits per heavy atom. The summed E-state index contributed by atoms with van der Waals surface area (Å²) in [5.41, 5.74) is -0.868. The van der Waals surface area contributed by atoms with Gasteiger partial charge in [-0.15, -0.1) is 11.8 Å². The number of aliphatic hydroxyl groups is 1. The first-order valence-corrected chi connectivity index (χ1v) is 12.1. The summed E-state index contributed by atoms with van der Waals surface area (Å²) in [4.78, 5) is 50.9. The molecule has 2 heterocycles. The summed E-state index contributed by atoms with van der Waals surface area (Å²) in [7, 11) is 0. The van der Waals surface area contributed by atoms with Gasteiger partial charge in [-0.2, -0.15) is 0 Å². The van der Waals surface area contributed by atoms with Crippen molar-refractivity contribution in [3.8, 4) is 5.75 Å². The van der Waals surface area contributed by atoms with Gasteiger partial charge in [-0.3, -0.25) is 19.3 Å². The topological polar surface area (TPSA) is 131 Å². The molecular weight excluding hydrogens is 464 g/mol. The summed E-state index contributed by atoms with van der Waals surface area (Å²) in [6, 6.07) is 7.68. The molecule has 2 N–H and O–H groups in total. The Morgan fingerprint density at radius 1 is 1.26 bits per heavy atom. The van der Waals surface area contributed by atoms with E-state index in [2.05, 4.69) is 5.32 Å². The molecule has 1 aromatic carbocycles. The molecule has 2 aliphatic rings. The number of esters is 1. The van der Waals surface area contributed by atoms with Crippen LogP contribution in [0.1, 0.15) is 33.6 Å². The lowest BCUT2D eigenvalue weighted by atomic mass is 10.1. The number of rotatable bonds is 10. The van der Waals surface area contributed by atoms with Crippen LogP contribution in [0.3, 0.4) is 0 Å². The lowest BCUT2D eigenvalue weighted by molar-refractivity contribution is -0.189. The van der Waals surface area contributed by atoms with E-state index in [1.807, 2.05) is 6.07 Å². The number of Topliss-reactive ketones (excluding diaryl/α,β-unsaturated/α-hetero) is 1. The van der Waals surface area contributed by atoms with E-state index in [1.54, 1.807) is 45.0 Å². The number of ether oxygens (including phenoxy) is 3. The van der Waals surface area contributed by atoms with Crippen LogP contribution in [0.15, 0.2) is 30.3 Å². The largest absolute Gasteiger partial charge is 0.484 e. The van der Waals surface area contributed by atoms with Crippen molar-refractivity contribution < 1.29 is 38.5 Å². The average Bonchev–Trinajstić information content (AvgIpc) is 3.33. The maximum absolute atomic E-state index is 12.8. The molecule has 2 amide bonds. The molecule has 1 aromatic rings. The summed E-state index contributed by atoms with van der Waals surface area (Å²) in [5.74, 6) is -1.86. The maximum atomic E-state index is 12.8. The molecule has 0 aliphatic carbocycles. The number of nitrogens with zero attached hydrogens (tertiary/aromatic N) is 1. The number of carbonyl (C=O) groups is 4. The van der Waals surface area contributed by atoms with Crippen LogP contribution in [0.5, 0.6) is 5.75 Å². The van der Waals surface area contributed by atoms with Gasteiger partial charge >= 0.3 is 5.97 Å². The van der Waals surface area contributed by atoms with Crippen LogP contribution in [-0.4, -0.2) is 81.9 Å². The number of thioether (sulfide) groups is 1. The summed E-state index contributed by atoms with van der Waals surface area (Å²) in [5, 5.41) is 12.2. The molecule has 0 saturated carbocycles. The fraction of sp³-hybridized carbons (Fsp3) is 0.565. The van der Waals surface area contributed by atoms with Crippen LogP contribution in [0.2, 0.25) is 0 Å². The molecule has 10 nitrogen and oxygen atoms in total. The molecule has 0 radical (unpaired) electrons. The van der Waals surface area contributed by atoms with Gasteiger partial charge in [-0.1, -0.05) is 18.2 Å². The van der Waals surface area contributed by atoms with Gasteiger partial charge in [-0.25, -0.2) is 4.79 Å². The van der Waals surface area contributed by atoms with Crippen molar-refractivity contribution >= 4 is 35.3 Å². The Labute approximate surface area is 202 Å². The van der Waals surface area contributed by atoms with E-state index in [4.69, 9.17) is 14.2 Å².